The Labute approximate surface area is 176 Å². The van der Waals surface area contributed by atoms with Crippen LogP contribution in [0.15, 0.2) is 48.5 Å². The molecule has 2 aromatic rings. The van der Waals surface area contributed by atoms with Gasteiger partial charge < -0.3 is 10.6 Å². The molecule has 1 aliphatic heterocycles. The number of urea groups is 1. The van der Waals surface area contributed by atoms with Crippen LogP contribution < -0.4 is 10.6 Å². The first-order chi connectivity index (χ1) is 14.5. The Morgan fingerprint density at radius 3 is 2.50 bits per heavy atom. The van der Waals surface area contributed by atoms with Gasteiger partial charge in [0.05, 0.1) is 17.2 Å². The quantitative estimate of drug-likeness (QED) is 0.745. The normalized spacial score (nSPS) is 20.2. The van der Waals surface area contributed by atoms with Crippen molar-refractivity contribution in [2.24, 2.45) is 0 Å². The average Bonchev–Trinajstić information content (AvgIpc) is 3.15. The summed E-state index contributed by atoms with van der Waals surface area (Å²) in [4.78, 5) is 15.1. The van der Waals surface area contributed by atoms with Crippen LogP contribution in [-0.2, 0) is 6.42 Å². The fourth-order valence-corrected chi connectivity index (χ4v) is 4.57. The monoisotopic (exact) mass is 406 g/mol. The number of nitrogens with zero attached hydrogens (tertiary/aromatic N) is 2. The Hall–Kier alpha value is -2.91. The summed E-state index contributed by atoms with van der Waals surface area (Å²) in [7, 11) is 0. The molecule has 0 aromatic heterocycles. The van der Waals surface area contributed by atoms with E-state index < -0.39 is 0 Å². The molecule has 156 valence electrons. The third-order valence-corrected chi connectivity index (χ3v) is 6.35. The Morgan fingerprint density at radius 2 is 1.87 bits per heavy atom. The molecular weight excluding hydrogens is 379 g/mol. The molecule has 5 nitrogen and oxygen atoms in total. The van der Waals surface area contributed by atoms with Crippen molar-refractivity contribution >= 4 is 11.7 Å². The number of nitrogens with one attached hydrogen (secondary N) is 2. The van der Waals surface area contributed by atoms with Crippen LogP contribution in [-0.4, -0.2) is 35.6 Å². The number of likely N-dealkylation sites (tertiary alicyclic amines) is 1. The van der Waals surface area contributed by atoms with E-state index in [1.165, 1.54) is 12.1 Å². The number of hydrogen-bond acceptors (Lipinski definition) is 3. The van der Waals surface area contributed by atoms with E-state index in [9.17, 15) is 9.18 Å². The zero-order valence-electron chi connectivity index (χ0n) is 17.0. The molecule has 6 heteroatoms. The van der Waals surface area contributed by atoms with E-state index in [2.05, 4.69) is 21.6 Å². The lowest BCUT2D eigenvalue weighted by Gasteiger charge is -2.46. The lowest BCUT2D eigenvalue weighted by Crippen LogP contribution is -2.61. The van der Waals surface area contributed by atoms with Gasteiger partial charge in [-0.1, -0.05) is 12.1 Å². The van der Waals surface area contributed by atoms with Crippen molar-refractivity contribution in [3.05, 3.63) is 65.5 Å². The van der Waals surface area contributed by atoms with E-state index in [1.54, 1.807) is 24.3 Å². The Morgan fingerprint density at radius 1 is 1.13 bits per heavy atom. The van der Waals surface area contributed by atoms with Gasteiger partial charge in [-0.2, -0.15) is 5.26 Å². The largest absolute Gasteiger partial charge is 0.331 e. The SMILES string of the molecule is N#Cc1ccc(NC(=O)NC2(CN3CCCC3Cc3ccc(F)cc3)CCC2)cc1. The average molecular weight is 407 g/mol. The second-order valence-corrected chi connectivity index (χ2v) is 8.50. The number of rotatable bonds is 6. The van der Waals surface area contributed by atoms with Gasteiger partial charge in [0.25, 0.3) is 0 Å². The first-order valence-electron chi connectivity index (χ1n) is 10.6. The molecule has 1 saturated heterocycles. The number of amides is 2. The highest BCUT2D eigenvalue weighted by Crippen LogP contribution is 2.35. The lowest BCUT2D eigenvalue weighted by atomic mass is 9.76. The molecule has 1 heterocycles. The van der Waals surface area contributed by atoms with Crippen LogP contribution in [0, 0.1) is 17.1 Å². The number of carbonyl (C=O) groups is 1. The van der Waals surface area contributed by atoms with Gasteiger partial charge in [0.2, 0.25) is 0 Å². The smallest absolute Gasteiger partial charge is 0.319 e. The zero-order chi connectivity index (χ0) is 21.0. The first kappa shape index (κ1) is 20.4. The molecule has 4 rings (SSSR count). The van der Waals surface area contributed by atoms with E-state index >= 15 is 0 Å². The molecule has 1 saturated carbocycles. The van der Waals surface area contributed by atoms with Crippen molar-refractivity contribution in [3.63, 3.8) is 0 Å². The standard InChI is InChI=1S/C24H27FN4O/c25-20-8-4-18(5-9-20)15-22-3-1-14-29(22)17-24(12-2-13-24)28-23(30)27-21-10-6-19(16-26)7-11-21/h4-11,22H,1-3,12-15,17H2,(H2,27,28,30). The fourth-order valence-electron chi connectivity index (χ4n) is 4.57. The van der Waals surface area contributed by atoms with Crippen LogP contribution >= 0.6 is 0 Å². The summed E-state index contributed by atoms with van der Waals surface area (Å²) in [6.45, 7) is 1.88. The minimum Gasteiger partial charge on any atom is -0.331 e. The highest BCUT2D eigenvalue weighted by Gasteiger charge is 2.42. The van der Waals surface area contributed by atoms with Crippen LogP contribution in [0.5, 0.6) is 0 Å². The Kier molecular flexibility index (Phi) is 6.01. The summed E-state index contributed by atoms with van der Waals surface area (Å²) in [6.07, 6.45) is 6.27. The van der Waals surface area contributed by atoms with Crippen molar-refractivity contribution in [2.45, 2.75) is 50.1 Å². The summed E-state index contributed by atoms with van der Waals surface area (Å²) in [6, 6.07) is 16.0. The molecular formula is C24H27FN4O. The van der Waals surface area contributed by atoms with Gasteiger partial charge in [0, 0.05) is 18.3 Å². The molecule has 0 spiro atoms. The van der Waals surface area contributed by atoms with Crippen LogP contribution in [0.4, 0.5) is 14.9 Å². The molecule has 1 aliphatic carbocycles. The van der Waals surface area contributed by atoms with Gasteiger partial charge in [-0.15, -0.1) is 0 Å². The Balaban J connectivity index is 1.35. The number of halogens is 1. The summed E-state index contributed by atoms with van der Waals surface area (Å²) >= 11 is 0. The highest BCUT2D eigenvalue weighted by atomic mass is 19.1. The minimum atomic E-state index is -0.201. The van der Waals surface area contributed by atoms with Gasteiger partial charge in [-0.25, -0.2) is 9.18 Å². The van der Waals surface area contributed by atoms with Gasteiger partial charge in [0.15, 0.2) is 0 Å². The van der Waals surface area contributed by atoms with Gasteiger partial charge in [-0.05, 0) is 87.0 Å². The van der Waals surface area contributed by atoms with E-state index in [0.717, 1.165) is 57.2 Å². The number of anilines is 1. The van der Waals surface area contributed by atoms with Crippen LogP contribution in [0.25, 0.3) is 0 Å². The second-order valence-electron chi connectivity index (χ2n) is 8.50. The molecule has 2 amide bonds. The van der Waals surface area contributed by atoms with Crippen LogP contribution in [0.2, 0.25) is 0 Å². The molecule has 0 radical (unpaired) electrons. The van der Waals surface area contributed by atoms with E-state index in [4.69, 9.17) is 5.26 Å². The van der Waals surface area contributed by atoms with E-state index in [-0.39, 0.29) is 17.4 Å². The highest BCUT2D eigenvalue weighted by molar-refractivity contribution is 5.89. The summed E-state index contributed by atoms with van der Waals surface area (Å²) < 4.78 is 13.2. The maximum atomic E-state index is 13.2. The van der Waals surface area contributed by atoms with Crippen molar-refractivity contribution in [1.29, 1.82) is 5.26 Å². The molecule has 1 atom stereocenters. The van der Waals surface area contributed by atoms with Crippen LogP contribution in [0.3, 0.4) is 0 Å². The first-order valence-corrected chi connectivity index (χ1v) is 10.6. The molecule has 2 aromatic carbocycles. The lowest BCUT2D eigenvalue weighted by molar-refractivity contribution is 0.109. The van der Waals surface area contributed by atoms with E-state index in [1.807, 2.05) is 12.1 Å². The predicted octanol–water partition coefficient (Wildman–Crippen LogP) is 4.45. The predicted molar refractivity (Wildman–Crippen MR) is 115 cm³/mol. The molecule has 1 unspecified atom stereocenters. The minimum absolute atomic E-state index is 0.192. The van der Waals surface area contributed by atoms with Crippen molar-refractivity contribution in [3.8, 4) is 6.07 Å². The summed E-state index contributed by atoms with van der Waals surface area (Å²) in [5.41, 5.74) is 2.21. The summed E-state index contributed by atoms with van der Waals surface area (Å²) in [5, 5.41) is 15.0. The second kappa shape index (κ2) is 8.85. The van der Waals surface area contributed by atoms with E-state index in [0.29, 0.717) is 17.3 Å². The zero-order valence-corrected chi connectivity index (χ0v) is 17.0. The third kappa shape index (κ3) is 4.80. The number of carbonyl (C=O) groups excluding carboxylic acids is 1. The van der Waals surface area contributed by atoms with Crippen LogP contribution in [0.1, 0.15) is 43.2 Å². The molecule has 2 N–H and O–H groups in total. The van der Waals surface area contributed by atoms with Gasteiger partial charge >= 0.3 is 6.03 Å². The number of hydrogen-bond donors (Lipinski definition) is 2. The van der Waals surface area contributed by atoms with Gasteiger partial charge in [-0.3, -0.25) is 4.90 Å². The number of benzene rings is 2. The molecule has 2 fully saturated rings. The topological polar surface area (TPSA) is 68.2 Å². The molecule has 2 aliphatic rings. The third-order valence-electron chi connectivity index (χ3n) is 6.35. The Bertz CT molecular complexity index is 916. The van der Waals surface area contributed by atoms with Gasteiger partial charge in [0.1, 0.15) is 5.82 Å². The molecule has 30 heavy (non-hydrogen) atoms. The van der Waals surface area contributed by atoms with Crippen molar-refractivity contribution in [1.82, 2.24) is 10.2 Å². The van der Waals surface area contributed by atoms with Crippen molar-refractivity contribution < 1.29 is 9.18 Å². The fraction of sp³-hybridized carbons (Fsp3) is 0.417. The summed E-state index contributed by atoms with van der Waals surface area (Å²) in [5.74, 6) is -0.201. The number of nitriles is 1. The van der Waals surface area contributed by atoms with Crippen molar-refractivity contribution in [2.75, 3.05) is 18.4 Å². The molecule has 0 bridgehead atoms. The maximum Gasteiger partial charge on any atom is 0.319 e. The maximum absolute atomic E-state index is 13.2.